The van der Waals surface area contributed by atoms with E-state index in [1.807, 2.05) is 18.6 Å². The molecule has 0 bridgehead atoms. The zero-order valence-electron chi connectivity index (χ0n) is 34.0. The molecule has 1 unspecified atom stereocenters. The van der Waals surface area contributed by atoms with E-state index < -0.39 is 0 Å². The summed E-state index contributed by atoms with van der Waals surface area (Å²) in [6, 6.07) is 66.5. The molecule has 2 aliphatic rings. The minimum atomic E-state index is -0.196. The van der Waals surface area contributed by atoms with Crippen LogP contribution < -0.4 is 5.32 Å². The number of allylic oxidation sites excluding steroid dienone is 1. The quantitative estimate of drug-likeness (QED) is 0.171. The monoisotopic (exact) mass is 792 g/mol. The normalized spacial score (nSPS) is 14.7. The molecule has 62 heavy (non-hydrogen) atoms. The first-order valence-electron chi connectivity index (χ1n) is 21.4. The van der Waals surface area contributed by atoms with Crippen molar-refractivity contribution >= 4 is 66.4 Å². The number of fused-ring (bicyclic) bond motifs is 7. The first-order chi connectivity index (χ1) is 30.7. The Kier molecular flexibility index (Phi) is 8.67. The summed E-state index contributed by atoms with van der Waals surface area (Å²) in [7, 11) is 0. The van der Waals surface area contributed by atoms with Crippen molar-refractivity contribution in [3.8, 4) is 33.4 Å². The minimum Gasteiger partial charge on any atom is -0.359 e. The first kappa shape index (κ1) is 35.9. The molecule has 1 aromatic heterocycles. The van der Waals surface area contributed by atoms with Gasteiger partial charge in [0.15, 0.2) is 0 Å². The summed E-state index contributed by atoms with van der Waals surface area (Å²) in [4.78, 5) is 14.3. The first-order valence-corrected chi connectivity index (χ1v) is 21.4. The fourth-order valence-electron chi connectivity index (χ4n) is 9.68. The highest BCUT2D eigenvalue weighted by Crippen LogP contribution is 2.48. The van der Waals surface area contributed by atoms with Crippen LogP contribution in [0.5, 0.6) is 0 Å². The van der Waals surface area contributed by atoms with Gasteiger partial charge in [-0.25, -0.2) is 4.99 Å². The molecule has 0 aliphatic carbocycles. The highest BCUT2D eigenvalue weighted by molar-refractivity contribution is 6.17. The van der Waals surface area contributed by atoms with Crippen molar-refractivity contribution < 1.29 is 0 Å². The van der Waals surface area contributed by atoms with Crippen LogP contribution in [0.25, 0.3) is 82.0 Å². The van der Waals surface area contributed by atoms with Gasteiger partial charge in [0.1, 0.15) is 5.84 Å². The van der Waals surface area contributed by atoms with Crippen LogP contribution in [0.3, 0.4) is 0 Å². The fraction of sp³-hybridized carbons (Fsp3) is 0.0517. The molecule has 0 radical (unpaired) electrons. The number of amidine groups is 1. The molecule has 292 valence electrons. The molecule has 4 nitrogen and oxygen atoms in total. The summed E-state index contributed by atoms with van der Waals surface area (Å²) >= 11 is 0. The molecule has 0 fully saturated rings. The van der Waals surface area contributed by atoms with Gasteiger partial charge in [-0.3, -0.25) is 9.98 Å². The Balaban J connectivity index is 1.14. The van der Waals surface area contributed by atoms with Gasteiger partial charge in [-0.2, -0.15) is 0 Å². The Labute approximate surface area is 360 Å². The van der Waals surface area contributed by atoms with E-state index in [0.29, 0.717) is 0 Å². The van der Waals surface area contributed by atoms with Crippen LogP contribution in [0, 0.1) is 0 Å². The lowest BCUT2D eigenvalue weighted by Gasteiger charge is -2.30. The van der Waals surface area contributed by atoms with Gasteiger partial charge >= 0.3 is 0 Å². The number of aromatic nitrogens is 1. The Bertz CT molecular complexity index is 3470. The minimum absolute atomic E-state index is 0.196. The second-order valence-electron chi connectivity index (χ2n) is 16.3. The van der Waals surface area contributed by atoms with Gasteiger partial charge < -0.3 is 5.32 Å². The number of hydrogen-bond acceptors (Lipinski definition) is 4. The van der Waals surface area contributed by atoms with E-state index in [1.54, 1.807) is 0 Å². The molecular weight excluding hydrogens is 753 g/mol. The van der Waals surface area contributed by atoms with Crippen molar-refractivity contribution in [1.29, 1.82) is 0 Å². The van der Waals surface area contributed by atoms with E-state index in [4.69, 9.17) is 4.99 Å². The molecule has 3 heterocycles. The average molecular weight is 793 g/mol. The molecule has 4 heteroatoms. The van der Waals surface area contributed by atoms with Crippen LogP contribution in [-0.2, 0) is 0 Å². The van der Waals surface area contributed by atoms with Crippen molar-refractivity contribution in [2.24, 2.45) is 9.98 Å². The van der Waals surface area contributed by atoms with E-state index in [0.717, 1.165) is 63.4 Å². The Morgan fingerprint density at radius 3 is 1.68 bits per heavy atom. The number of hydrogen-bond donors (Lipinski definition) is 1. The van der Waals surface area contributed by atoms with E-state index in [-0.39, 0.29) is 6.04 Å². The van der Waals surface area contributed by atoms with Gasteiger partial charge in [-0.1, -0.05) is 146 Å². The van der Waals surface area contributed by atoms with Crippen LogP contribution in [0.15, 0.2) is 210 Å². The molecule has 0 amide bonds. The van der Waals surface area contributed by atoms with E-state index in [1.165, 1.54) is 65.4 Å². The third-order valence-electron chi connectivity index (χ3n) is 12.8. The van der Waals surface area contributed by atoms with E-state index >= 15 is 0 Å². The second-order valence-corrected chi connectivity index (χ2v) is 16.3. The van der Waals surface area contributed by atoms with Gasteiger partial charge in [0.05, 0.1) is 11.7 Å². The highest BCUT2D eigenvalue weighted by atomic mass is 15.1. The third-order valence-corrected chi connectivity index (χ3v) is 12.8. The van der Waals surface area contributed by atoms with Crippen LogP contribution in [0.2, 0.25) is 0 Å². The third kappa shape index (κ3) is 6.19. The summed E-state index contributed by atoms with van der Waals surface area (Å²) < 4.78 is 0. The molecule has 0 spiro atoms. The fourth-order valence-corrected chi connectivity index (χ4v) is 9.68. The summed E-state index contributed by atoms with van der Waals surface area (Å²) in [6.45, 7) is 0.823. The maximum absolute atomic E-state index is 5.67. The van der Waals surface area contributed by atoms with Crippen LogP contribution in [0.1, 0.15) is 34.7 Å². The summed E-state index contributed by atoms with van der Waals surface area (Å²) in [6.07, 6.45) is 8.70. The number of dihydropyridines is 1. The van der Waals surface area contributed by atoms with Crippen molar-refractivity contribution in [2.75, 3.05) is 6.54 Å². The van der Waals surface area contributed by atoms with Gasteiger partial charge in [0.25, 0.3) is 0 Å². The number of nitrogens with one attached hydrogen (secondary N) is 1. The molecule has 0 saturated heterocycles. The van der Waals surface area contributed by atoms with Crippen molar-refractivity contribution in [3.63, 3.8) is 0 Å². The largest absolute Gasteiger partial charge is 0.359 e. The summed E-state index contributed by atoms with van der Waals surface area (Å²) in [5.41, 5.74) is 13.8. The lowest BCUT2D eigenvalue weighted by atomic mass is 9.84. The summed E-state index contributed by atoms with van der Waals surface area (Å²) in [5, 5.41) is 13.8. The second kappa shape index (κ2) is 14.9. The highest BCUT2D eigenvalue weighted by Gasteiger charge is 2.29. The molecular formula is C58H40N4. The van der Waals surface area contributed by atoms with Gasteiger partial charge in [0.2, 0.25) is 0 Å². The Morgan fingerprint density at radius 2 is 1.02 bits per heavy atom. The molecule has 1 atom stereocenters. The van der Waals surface area contributed by atoms with E-state index in [2.05, 4.69) is 203 Å². The van der Waals surface area contributed by atoms with E-state index in [9.17, 15) is 0 Å². The zero-order chi connectivity index (χ0) is 41.0. The average Bonchev–Trinajstić information content (AvgIpc) is 3.36. The smallest absolute Gasteiger partial charge is 0.134 e. The van der Waals surface area contributed by atoms with Gasteiger partial charge in [-0.05, 0) is 137 Å². The van der Waals surface area contributed by atoms with Gasteiger partial charge in [-0.15, -0.1) is 0 Å². The van der Waals surface area contributed by atoms with Crippen LogP contribution >= 0.6 is 0 Å². The lowest BCUT2D eigenvalue weighted by molar-refractivity contribution is 0.750. The topological polar surface area (TPSA) is 49.6 Å². The van der Waals surface area contributed by atoms with Gasteiger partial charge in [0, 0.05) is 41.8 Å². The molecule has 1 N–H and O–H groups in total. The van der Waals surface area contributed by atoms with Crippen molar-refractivity contribution in [3.05, 3.63) is 223 Å². The SMILES string of the molecule is C1=NCCC(c2ccc(C3=Nc4c(-c5cc6ccccc6c6ccccc56)cc(-c5cc6ccccc6c6ccccc56)cc4C(c4ccc(-c5ccncc5)cc4)N3)cc2)=C1. The molecule has 0 saturated carbocycles. The molecule has 2 aliphatic heterocycles. The predicted octanol–water partition coefficient (Wildman–Crippen LogP) is 14.3. The molecule has 9 aromatic carbocycles. The van der Waals surface area contributed by atoms with Crippen molar-refractivity contribution in [1.82, 2.24) is 10.3 Å². The maximum atomic E-state index is 5.67. The number of nitrogens with zero attached hydrogens (tertiary/aromatic N) is 3. The standard InChI is InChI=1S/C58H40N4/c1-3-11-46-43(9-1)33-52(50-15-7-5-13-48(46)50)45-35-54(53-34-44-10-2-4-12-47(44)49-14-6-8-16-51(49)53)57-55(36-45)56(41-21-17-37(18-22-41)39-25-29-59-30-26-39)61-58(62-57)42-23-19-38(20-24-42)40-27-31-60-32-28-40/h1-27,29-31,33-36,56H,28,32H2,(H,61,62). The molecule has 10 aromatic rings. The number of aliphatic imine (C=N–C) groups is 2. The zero-order valence-corrected chi connectivity index (χ0v) is 34.0. The Morgan fingerprint density at radius 1 is 0.452 bits per heavy atom. The number of rotatable bonds is 6. The number of pyridine rings is 1. The molecule has 12 rings (SSSR count). The number of benzene rings is 9. The summed E-state index contributed by atoms with van der Waals surface area (Å²) in [5.74, 6) is 0.849. The maximum Gasteiger partial charge on any atom is 0.134 e. The Hall–Kier alpha value is -7.95. The van der Waals surface area contributed by atoms with Crippen molar-refractivity contribution in [2.45, 2.75) is 12.5 Å². The van der Waals surface area contributed by atoms with Crippen LogP contribution in [-0.4, -0.2) is 23.6 Å². The van der Waals surface area contributed by atoms with Crippen LogP contribution in [0.4, 0.5) is 5.69 Å². The predicted molar refractivity (Wildman–Crippen MR) is 261 cm³/mol. The lowest BCUT2D eigenvalue weighted by Crippen LogP contribution is -2.33.